The van der Waals surface area contributed by atoms with E-state index < -0.39 is 0 Å². The predicted octanol–water partition coefficient (Wildman–Crippen LogP) is 5.32. The first-order valence-corrected chi connectivity index (χ1v) is 15.0. The van der Waals surface area contributed by atoms with Gasteiger partial charge in [-0.3, -0.25) is 14.3 Å². The fraction of sp³-hybridized carbons (Fsp3) is 0.375. The van der Waals surface area contributed by atoms with E-state index >= 15 is 0 Å². The number of aromatic nitrogens is 4. The number of carbonyl (C=O) groups excluding carboxylic acids is 1. The Balaban J connectivity index is 1.23. The molecule has 2 aliphatic heterocycles. The number of hydrogen-bond donors (Lipinski definition) is 3. The third kappa shape index (κ3) is 7.16. The molecule has 44 heavy (non-hydrogen) atoms. The van der Waals surface area contributed by atoms with Gasteiger partial charge in [-0.2, -0.15) is 9.97 Å². The van der Waals surface area contributed by atoms with Gasteiger partial charge >= 0.3 is 0 Å². The number of nitrogens with zero attached hydrogens (tertiary/aromatic N) is 5. The van der Waals surface area contributed by atoms with Crippen LogP contribution in [0.15, 0.2) is 67.5 Å². The third-order valence-electron chi connectivity index (χ3n) is 7.75. The Morgan fingerprint density at radius 3 is 2.77 bits per heavy atom. The summed E-state index contributed by atoms with van der Waals surface area (Å²) in [6.45, 7) is 7.98. The number of nitrogens with one attached hydrogen (secondary N) is 3. The lowest BCUT2D eigenvalue weighted by Gasteiger charge is -2.23. The van der Waals surface area contributed by atoms with Crippen molar-refractivity contribution in [2.75, 3.05) is 55.9 Å². The lowest BCUT2D eigenvalue weighted by Crippen LogP contribution is -2.28. The van der Waals surface area contributed by atoms with Gasteiger partial charge in [-0.1, -0.05) is 12.6 Å². The first-order valence-electron chi connectivity index (χ1n) is 15.0. The minimum Gasteiger partial charge on any atom is -0.437 e. The fourth-order valence-electron chi connectivity index (χ4n) is 5.50. The first kappa shape index (κ1) is 29.5. The van der Waals surface area contributed by atoms with Crippen LogP contribution in [0.2, 0.25) is 0 Å². The fourth-order valence-corrected chi connectivity index (χ4v) is 5.50. The molecule has 2 fully saturated rings. The number of ether oxygens (including phenoxy) is 3. The smallest absolute Gasteiger partial charge is 0.252 e. The van der Waals surface area contributed by atoms with Gasteiger partial charge in [0.05, 0.1) is 12.9 Å². The number of rotatable bonds is 12. The summed E-state index contributed by atoms with van der Waals surface area (Å²) in [5.74, 6) is 0.838. The SMILES string of the molecule is C=CC(=O)Nc1cccc(Oc2nc(Nc3ccc(NC4CCN(CCOC)C4)cc3)nc3c2ncn3C2CCCCO2)c1. The Hall–Kier alpha value is -4.52. The van der Waals surface area contributed by atoms with Gasteiger partial charge in [0.15, 0.2) is 11.2 Å². The highest BCUT2D eigenvalue weighted by Crippen LogP contribution is 2.33. The summed E-state index contributed by atoms with van der Waals surface area (Å²) in [5, 5.41) is 9.73. The zero-order valence-corrected chi connectivity index (χ0v) is 24.9. The zero-order chi connectivity index (χ0) is 30.3. The van der Waals surface area contributed by atoms with Gasteiger partial charge in [-0.05, 0) is 68.2 Å². The van der Waals surface area contributed by atoms with E-state index in [-0.39, 0.29) is 18.0 Å². The second-order valence-electron chi connectivity index (χ2n) is 10.9. The van der Waals surface area contributed by atoms with Crippen molar-refractivity contribution in [2.24, 2.45) is 0 Å². The van der Waals surface area contributed by atoms with Crippen LogP contribution in [0.1, 0.15) is 31.9 Å². The summed E-state index contributed by atoms with van der Waals surface area (Å²) >= 11 is 0. The van der Waals surface area contributed by atoms with E-state index in [9.17, 15) is 4.79 Å². The van der Waals surface area contributed by atoms with Crippen molar-refractivity contribution in [3.8, 4) is 11.6 Å². The van der Waals surface area contributed by atoms with E-state index in [1.807, 2.05) is 16.7 Å². The molecule has 2 unspecified atom stereocenters. The Kier molecular flexibility index (Phi) is 9.30. The topological polar surface area (TPSA) is 128 Å². The van der Waals surface area contributed by atoms with E-state index in [1.165, 1.54) is 6.08 Å². The standard InChI is InChI=1S/C32H38N8O4/c1-3-27(41)35-24-7-6-8-26(19-24)44-31-29-30(40(21-33-29)28-9-4-5-17-43-28)37-32(38-31)36-23-12-10-22(11-13-23)34-25-14-15-39(20-25)16-18-42-2/h3,6-8,10-13,19,21,25,28,34H,1,4-5,9,14-18,20H2,2H3,(H,35,41)(H,36,37,38). The lowest BCUT2D eigenvalue weighted by atomic mass is 10.2. The normalized spacial score (nSPS) is 18.7. The molecule has 2 aromatic carbocycles. The average Bonchev–Trinajstić information content (AvgIpc) is 3.68. The van der Waals surface area contributed by atoms with Crippen LogP contribution in [0.4, 0.5) is 23.0 Å². The van der Waals surface area contributed by atoms with Crippen molar-refractivity contribution in [1.29, 1.82) is 0 Å². The number of fused-ring (bicyclic) bond motifs is 1. The Bertz CT molecular complexity index is 1590. The highest BCUT2D eigenvalue weighted by molar-refractivity contribution is 5.99. The molecule has 12 nitrogen and oxygen atoms in total. The molecular weight excluding hydrogens is 560 g/mol. The summed E-state index contributed by atoms with van der Waals surface area (Å²) in [6, 6.07) is 15.6. The summed E-state index contributed by atoms with van der Waals surface area (Å²) in [7, 11) is 1.74. The number of amides is 1. The molecule has 2 aliphatic rings. The summed E-state index contributed by atoms with van der Waals surface area (Å²) in [5.41, 5.74) is 3.60. The van der Waals surface area contributed by atoms with Crippen LogP contribution >= 0.6 is 0 Å². The van der Waals surface area contributed by atoms with E-state index in [0.717, 1.165) is 63.3 Å². The maximum atomic E-state index is 11.8. The quantitative estimate of drug-likeness (QED) is 0.184. The van der Waals surface area contributed by atoms with Crippen molar-refractivity contribution >= 4 is 40.1 Å². The zero-order valence-electron chi connectivity index (χ0n) is 24.9. The van der Waals surface area contributed by atoms with Crippen LogP contribution in [0, 0.1) is 0 Å². The molecule has 0 aliphatic carbocycles. The molecule has 2 atom stereocenters. The van der Waals surface area contributed by atoms with E-state index in [0.29, 0.717) is 41.2 Å². The number of carbonyl (C=O) groups is 1. The number of hydrogen-bond acceptors (Lipinski definition) is 10. The molecule has 12 heteroatoms. The molecule has 3 N–H and O–H groups in total. The van der Waals surface area contributed by atoms with Crippen LogP contribution in [0.3, 0.4) is 0 Å². The van der Waals surface area contributed by atoms with E-state index in [1.54, 1.807) is 37.7 Å². The van der Waals surface area contributed by atoms with E-state index in [2.05, 4.69) is 44.5 Å². The minimum absolute atomic E-state index is 0.159. The van der Waals surface area contributed by atoms with Gasteiger partial charge in [-0.15, -0.1) is 0 Å². The number of benzene rings is 2. The van der Waals surface area contributed by atoms with Crippen LogP contribution in [-0.2, 0) is 14.3 Å². The number of imidazole rings is 1. The maximum absolute atomic E-state index is 11.8. The summed E-state index contributed by atoms with van der Waals surface area (Å²) < 4.78 is 19.4. The van der Waals surface area contributed by atoms with Crippen LogP contribution in [0.5, 0.6) is 11.6 Å². The van der Waals surface area contributed by atoms with Crippen molar-refractivity contribution in [1.82, 2.24) is 24.4 Å². The maximum Gasteiger partial charge on any atom is 0.252 e. The summed E-state index contributed by atoms with van der Waals surface area (Å²) in [6.07, 6.45) is 6.87. The highest BCUT2D eigenvalue weighted by atomic mass is 16.5. The molecule has 4 aromatic rings. The number of methoxy groups -OCH3 is 1. The second-order valence-corrected chi connectivity index (χ2v) is 10.9. The molecule has 1 amide bonds. The molecule has 2 saturated heterocycles. The second kappa shape index (κ2) is 13.8. The van der Waals surface area contributed by atoms with Crippen molar-refractivity contribution in [3.63, 3.8) is 0 Å². The van der Waals surface area contributed by atoms with Crippen LogP contribution in [-0.4, -0.2) is 76.3 Å². The van der Waals surface area contributed by atoms with Crippen molar-refractivity contribution in [3.05, 3.63) is 67.5 Å². The largest absolute Gasteiger partial charge is 0.437 e. The van der Waals surface area contributed by atoms with Crippen LogP contribution in [0.25, 0.3) is 11.2 Å². The number of anilines is 4. The average molecular weight is 599 g/mol. The third-order valence-corrected chi connectivity index (χ3v) is 7.75. The van der Waals surface area contributed by atoms with Gasteiger partial charge in [0.1, 0.15) is 12.0 Å². The highest BCUT2D eigenvalue weighted by Gasteiger charge is 2.23. The molecular formula is C32H38N8O4. The summed E-state index contributed by atoms with van der Waals surface area (Å²) in [4.78, 5) is 28.4. The molecule has 6 rings (SSSR count). The molecule has 4 heterocycles. The predicted molar refractivity (Wildman–Crippen MR) is 170 cm³/mol. The minimum atomic E-state index is -0.308. The van der Waals surface area contributed by atoms with Gasteiger partial charge < -0.3 is 30.2 Å². The molecule has 2 aromatic heterocycles. The molecule has 0 radical (unpaired) electrons. The van der Waals surface area contributed by atoms with Crippen molar-refractivity contribution in [2.45, 2.75) is 38.0 Å². The van der Waals surface area contributed by atoms with Gasteiger partial charge in [0.25, 0.3) is 5.88 Å². The molecule has 0 spiro atoms. The lowest BCUT2D eigenvalue weighted by molar-refractivity contribution is -0.111. The molecule has 230 valence electrons. The van der Waals surface area contributed by atoms with E-state index in [4.69, 9.17) is 24.2 Å². The Morgan fingerprint density at radius 2 is 1.98 bits per heavy atom. The Morgan fingerprint density at radius 1 is 1.11 bits per heavy atom. The van der Waals surface area contributed by atoms with Gasteiger partial charge in [0.2, 0.25) is 11.9 Å². The molecule has 0 bridgehead atoms. The molecule has 0 saturated carbocycles. The van der Waals surface area contributed by atoms with Crippen molar-refractivity contribution < 1.29 is 19.0 Å². The monoisotopic (exact) mass is 598 g/mol. The van der Waals surface area contributed by atoms with Crippen LogP contribution < -0.4 is 20.7 Å². The Labute approximate surface area is 256 Å². The number of likely N-dealkylation sites (tertiary alicyclic amines) is 1. The van der Waals surface area contributed by atoms with Gasteiger partial charge in [-0.25, -0.2) is 4.98 Å². The first-order chi connectivity index (χ1) is 21.6. The van der Waals surface area contributed by atoms with Gasteiger partial charge in [0, 0.05) is 62.5 Å².